The molecule has 0 spiro atoms. The Morgan fingerprint density at radius 3 is 2.55 bits per heavy atom. The van der Waals surface area contributed by atoms with Gasteiger partial charge in [-0.1, -0.05) is 42.1 Å². The van der Waals surface area contributed by atoms with E-state index in [9.17, 15) is 0 Å². The Labute approximate surface area is 141 Å². The molecule has 22 heavy (non-hydrogen) atoms. The van der Waals surface area contributed by atoms with E-state index in [0.717, 1.165) is 42.0 Å². The van der Waals surface area contributed by atoms with Gasteiger partial charge >= 0.3 is 0 Å². The minimum atomic E-state index is 0.0904. The van der Waals surface area contributed by atoms with Crippen molar-refractivity contribution in [1.82, 2.24) is 0 Å². The molecule has 3 nitrogen and oxygen atoms in total. The molecule has 0 unspecified atom stereocenters. The van der Waals surface area contributed by atoms with Crippen molar-refractivity contribution >= 4 is 15.9 Å². The van der Waals surface area contributed by atoms with Crippen LogP contribution in [-0.2, 0) is 11.8 Å². The number of ether oxygens (including phenoxy) is 2. The molecule has 2 N–H and O–H groups in total. The van der Waals surface area contributed by atoms with Crippen LogP contribution in [0.5, 0.6) is 11.5 Å². The topological polar surface area (TPSA) is 44.5 Å². The molecule has 0 saturated heterocycles. The van der Waals surface area contributed by atoms with Crippen LogP contribution in [0.15, 0.2) is 10.5 Å². The Hall–Kier alpha value is -0.740. The van der Waals surface area contributed by atoms with Gasteiger partial charge in [-0.15, -0.1) is 0 Å². The maximum atomic E-state index is 6.28. The molecule has 1 saturated carbocycles. The van der Waals surface area contributed by atoms with Crippen LogP contribution in [0, 0.1) is 0 Å². The summed E-state index contributed by atoms with van der Waals surface area (Å²) in [7, 11) is 0. The van der Waals surface area contributed by atoms with E-state index in [1.165, 1.54) is 43.2 Å². The molecule has 0 atom stereocenters. The largest absolute Gasteiger partial charge is 0.490 e. The second kappa shape index (κ2) is 6.79. The highest BCUT2D eigenvalue weighted by Crippen LogP contribution is 2.49. The minimum absolute atomic E-state index is 0.0904. The molecule has 1 aromatic rings. The molecule has 1 aromatic carbocycles. The van der Waals surface area contributed by atoms with Gasteiger partial charge in [0.1, 0.15) is 0 Å². The van der Waals surface area contributed by atoms with Crippen molar-refractivity contribution in [2.75, 3.05) is 19.8 Å². The van der Waals surface area contributed by atoms with Crippen molar-refractivity contribution in [3.63, 3.8) is 0 Å². The first-order valence-electron chi connectivity index (χ1n) is 8.53. The number of hydrogen-bond donors (Lipinski definition) is 1. The Balaban J connectivity index is 2.15. The van der Waals surface area contributed by atoms with Crippen LogP contribution in [0.2, 0.25) is 0 Å². The first-order valence-corrected chi connectivity index (χ1v) is 9.32. The van der Waals surface area contributed by atoms with Crippen LogP contribution >= 0.6 is 15.9 Å². The Bertz CT molecular complexity index is 538. The summed E-state index contributed by atoms with van der Waals surface area (Å²) in [6.07, 6.45) is 8.09. The first-order chi connectivity index (χ1) is 10.7. The third-order valence-electron chi connectivity index (χ3n) is 5.17. The summed E-state index contributed by atoms with van der Waals surface area (Å²) in [5.74, 6) is 1.84. The number of halogens is 1. The summed E-state index contributed by atoms with van der Waals surface area (Å²) in [5.41, 5.74) is 9.03. The van der Waals surface area contributed by atoms with Gasteiger partial charge in [-0.2, -0.15) is 0 Å². The molecule has 1 heterocycles. The minimum Gasteiger partial charge on any atom is -0.490 e. The summed E-state index contributed by atoms with van der Waals surface area (Å²) >= 11 is 3.81. The van der Waals surface area contributed by atoms with Gasteiger partial charge in [-0.05, 0) is 30.9 Å². The van der Waals surface area contributed by atoms with Crippen molar-refractivity contribution < 1.29 is 9.47 Å². The molecule has 3 rings (SSSR count). The molecule has 4 heteroatoms. The summed E-state index contributed by atoms with van der Waals surface area (Å²) < 4.78 is 13.1. The van der Waals surface area contributed by atoms with Crippen molar-refractivity contribution in [1.29, 1.82) is 0 Å². The summed E-state index contributed by atoms with van der Waals surface area (Å²) in [4.78, 5) is 0. The first kappa shape index (κ1) is 16.1. The van der Waals surface area contributed by atoms with E-state index in [2.05, 4.69) is 28.9 Å². The van der Waals surface area contributed by atoms with E-state index in [1.54, 1.807) is 0 Å². The zero-order valence-corrected chi connectivity index (χ0v) is 15.0. The van der Waals surface area contributed by atoms with Crippen LogP contribution < -0.4 is 15.2 Å². The van der Waals surface area contributed by atoms with Crippen molar-refractivity contribution in [3.8, 4) is 11.5 Å². The Morgan fingerprint density at radius 1 is 1.14 bits per heavy atom. The molecular weight excluding hydrogens is 342 g/mol. The third-order valence-corrected chi connectivity index (χ3v) is 5.80. The van der Waals surface area contributed by atoms with Gasteiger partial charge in [0.15, 0.2) is 11.5 Å². The number of hydrogen-bond acceptors (Lipinski definition) is 3. The van der Waals surface area contributed by atoms with Gasteiger partial charge in [0.2, 0.25) is 0 Å². The highest BCUT2D eigenvalue weighted by Gasteiger charge is 2.37. The van der Waals surface area contributed by atoms with E-state index in [0.29, 0.717) is 6.54 Å². The van der Waals surface area contributed by atoms with E-state index >= 15 is 0 Å². The van der Waals surface area contributed by atoms with Crippen molar-refractivity contribution in [2.24, 2.45) is 5.73 Å². The van der Waals surface area contributed by atoms with E-state index in [4.69, 9.17) is 15.2 Å². The maximum absolute atomic E-state index is 6.28. The van der Waals surface area contributed by atoms with E-state index in [1.807, 2.05) is 0 Å². The third kappa shape index (κ3) is 2.76. The fourth-order valence-electron chi connectivity index (χ4n) is 4.04. The molecule has 122 valence electrons. The number of rotatable bonds is 3. The summed E-state index contributed by atoms with van der Waals surface area (Å²) in [5, 5.41) is 0. The van der Waals surface area contributed by atoms with E-state index in [-0.39, 0.29) is 5.41 Å². The van der Waals surface area contributed by atoms with Gasteiger partial charge in [-0.25, -0.2) is 0 Å². The van der Waals surface area contributed by atoms with Crippen LogP contribution in [0.1, 0.15) is 56.6 Å². The zero-order valence-electron chi connectivity index (χ0n) is 13.4. The molecule has 0 radical (unpaired) electrons. The van der Waals surface area contributed by atoms with Gasteiger partial charge in [0.25, 0.3) is 0 Å². The molecule has 1 aliphatic heterocycles. The molecule has 0 amide bonds. The molecule has 1 aliphatic carbocycles. The lowest BCUT2D eigenvalue weighted by Gasteiger charge is -2.39. The highest BCUT2D eigenvalue weighted by atomic mass is 79.9. The zero-order chi connectivity index (χ0) is 15.6. The fraction of sp³-hybridized carbons (Fsp3) is 0.667. The summed E-state index contributed by atoms with van der Waals surface area (Å²) in [6.45, 7) is 4.37. The van der Waals surface area contributed by atoms with Crippen LogP contribution in [0.3, 0.4) is 0 Å². The maximum Gasteiger partial charge on any atom is 0.164 e. The standard InChI is InChI=1S/C18H26BrNO2/c1-2-13-16(18(12-20)7-4-3-5-8-18)14(19)11-15-17(13)22-10-6-9-21-15/h11H,2-10,12,20H2,1H3. The smallest absolute Gasteiger partial charge is 0.164 e. The molecule has 1 fully saturated rings. The van der Waals surface area contributed by atoms with Crippen molar-refractivity contribution in [3.05, 3.63) is 21.7 Å². The summed E-state index contributed by atoms with van der Waals surface area (Å²) in [6, 6.07) is 2.10. The molecule has 0 aromatic heterocycles. The Kier molecular flexibility index (Phi) is 4.98. The predicted octanol–water partition coefficient (Wildman–Crippen LogP) is 4.33. The second-order valence-corrected chi connectivity index (χ2v) is 7.34. The van der Waals surface area contributed by atoms with Gasteiger partial charge in [-0.3, -0.25) is 0 Å². The SMILES string of the molecule is CCc1c2c(cc(Br)c1C1(CN)CCCCC1)OCCCO2. The van der Waals surface area contributed by atoms with Crippen LogP contribution in [0.4, 0.5) is 0 Å². The fourth-order valence-corrected chi connectivity index (χ4v) is 4.90. The molecule has 2 aliphatic rings. The van der Waals surface area contributed by atoms with Gasteiger partial charge < -0.3 is 15.2 Å². The molecular formula is C18H26BrNO2. The second-order valence-electron chi connectivity index (χ2n) is 6.49. The number of nitrogens with two attached hydrogens (primary N) is 1. The van der Waals surface area contributed by atoms with Gasteiger partial charge in [0.05, 0.1) is 13.2 Å². The number of benzene rings is 1. The predicted molar refractivity (Wildman–Crippen MR) is 92.9 cm³/mol. The van der Waals surface area contributed by atoms with Crippen LogP contribution in [0.25, 0.3) is 0 Å². The highest BCUT2D eigenvalue weighted by molar-refractivity contribution is 9.10. The van der Waals surface area contributed by atoms with Crippen molar-refractivity contribution in [2.45, 2.75) is 57.3 Å². The molecule has 0 bridgehead atoms. The monoisotopic (exact) mass is 367 g/mol. The lowest BCUT2D eigenvalue weighted by atomic mass is 9.67. The number of fused-ring (bicyclic) bond motifs is 1. The lowest BCUT2D eigenvalue weighted by Crippen LogP contribution is -2.38. The van der Waals surface area contributed by atoms with E-state index < -0.39 is 0 Å². The quantitative estimate of drug-likeness (QED) is 0.864. The Morgan fingerprint density at radius 2 is 1.86 bits per heavy atom. The average molecular weight is 368 g/mol. The van der Waals surface area contributed by atoms with Gasteiger partial charge in [0, 0.05) is 28.4 Å². The van der Waals surface area contributed by atoms with Crippen LogP contribution in [-0.4, -0.2) is 19.8 Å². The average Bonchev–Trinajstić information content (AvgIpc) is 2.79. The normalized spacial score (nSPS) is 20.5. The lowest BCUT2D eigenvalue weighted by molar-refractivity contribution is 0.289.